The maximum Gasteiger partial charge on any atom is 0.311 e. The number of methoxy groups -OCH3 is 1. The fourth-order valence-electron chi connectivity index (χ4n) is 3.32. The first-order valence-electron chi connectivity index (χ1n) is 8.36. The van der Waals surface area contributed by atoms with Crippen LogP contribution in [-0.2, 0) is 9.53 Å². The highest BCUT2D eigenvalue weighted by atomic mass is 32.1. The van der Waals surface area contributed by atoms with E-state index < -0.39 is 5.41 Å². The van der Waals surface area contributed by atoms with E-state index in [1.165, 1.54) is 7.11 Å². The van der Waals surface area contributed by atoms with Crippen LogP contribution in [0, 0.1) is 11.3 Å². The number of thiazole rings is 1. The maximum atomic E-state index is 12.1. The molecule has 1 unspecified atom stereocenters. The standard InChI is InChI=1S/C19H24N2O2S/c1-19(2,17(22)23-3)15-10-7-11-21(12-15)18-20-16(13-24-18)14-8-5-4-6-9-14/h4-6,8-9,13,15H,7,10-12H2,1-3H3. The average Bonchev–Trinajstić information content (AvgIpc) is 3.12. The third kappa shape index (κ3) is 3.31. The van der Waals surface area contributed by atoms with Crippen molar-refractivity contribution in [1.82, 2.24) is 4.98 Å². The molecule has 1 aliphatic heterocycles. The summed E-state index contributed by atoms with van der Waals surface area (Å²) in [5, 5.41) is 3.15. The Hall–Kier alpha value is -1.88. The van der Waals surface area contributed by atoms with Crippen molar-refractivity contribution in [1.29, 1.82) is 0 Å². The number of anilines is 1. The first-order chi connectivity index (χ1) is 11.5. The number of aromatic nitrogens is 1. The summed E-state index contributed by atoms with van der Waals surface area (Å²) in [6.45, 7) is 5.83. The monoisotopic (exact) mass is 344 g/mol. The predicted octanol–water partition coefficient (Wildman–Crippen LogP) is 4.23. The van der Waals surface area contributed by atoms with Gasteiger partial charge in [0.1, 0.15) is 0 Å². The Morgan fingerprint density at radius 2 is 2.08 bits per heavy atom. The van der Waals surface area contributed by atoms with Crippen LogP contribution in [0.1, 0.15) is 26.7 Å². The number of carbonyl (C=O) groups excluding carboxylic acids is 1. The normalized spacial score (nSPS) is 18.5. The molecule has 1 aromatic heterocycles. The Morgan fingerprint density at radius 1 is 1.33 bits per heavy atom. The molecule has 0 spiro atoms. The van der Waals surface area contributed by atoms with E-state index in [4.69, 9.17) is 9.72 Å². The maximum absolute atomic E-state index is 12.1. The SMILES string of the molecule is COC(=O)C(C)(C)C1CCCN(c2nc(-c3ccccc3)cs2)C1. The van der Waals surface area contributed by atoms with Gasteiger partial charge in [0.25, 0.3) is 0 Å². The minimum atomic E-state index is -0.465. The third-order valence-electron chi connectivity index (χ3n) is 4.99. The smallest absolute Gasteiger partial charge is 0.311 e. The second-order valence-corrected chi connectivity index (χ2v) is 7.72. The molecule has 1 aliphatic rings. The van der Waals surface area contributed by atoms with Gasteiger partial charge in [0, 0.05) is 24.0 Å². The number of piperidine rings is 1. The number of ether oxygens (including phenoxy) is 1. The Balaban J connectivity index is 1.76. The lowest BCUT2D eigenvalue weighted by Gasteiger charge is -2.39. The molecule has 0 bridgehead atoms. The molecule has 24 heavy (non-hydrogen) atoms. The van der Waals surface area contributed by atoms with Crippen molar-refractivity contribution in [2.24, 2.45) is 11.3 Å². The van der Waals surface area contributed by atoms with Gasteiger partial charge in [0.2, 0.25) is 0 Å². The topological polar surface area (TPSA) is 42.4 Å². The largest absolute Gasteiger partial charge is 0.469 e. The van der Waals surface area contributed by atoms with E-state index in [-0.39, 0.29) is 11.9 Å². The zero-order valence-electron chi connectivity index (χ0n) is 14.5. The zero-order chi connectivity index (χ0) is 17.2. The second-order valence-electron chi connectivity index (χ2n) is 6.88. The van der Waals surface area contributed by atoms with E-state index in [2.05, 4.69) is 22.4 Å². The van der Waals surface area contributed by atoms with Crippen molar-refractivity contribution in [3.05, 3.63) is 35.7 Å². The van der Waals surface area contributed by atoms with Gasteiger partial charge in [-0.15, -0.1) is 11.3 Å². The molecule has 2 heterocycles. The summed E-state index contributed by atoms with van der Waals surface area (Å²) in [6, 6.07) is 10.2. The van der Waals surface area contributed by atoms with Crippen LogP contribution >= 0.6 is 11.3 Å². The number of hydrogen-bond acceptors (Lipinski definition) is 5. The molecule has 1 aromatic carbocycles. The van der Waals surface area contributed by atoms with Gasteiger partial charge in [-0.25, -0.2) is 4.98 Å². The molecule has 0 radical (unpaired) electrons. The average molecular weight is 344 g/mol. The lowest BCUT2D eigenvalue weighted by Crippen LogP contribution is -2.45. The van der Waals surface area contributed by atoms with E-state index in [9.17, 15) is 4.79 Å². The van der Waals surface area contributed by atoms with E-state index in [0.29, 0.717) is 0 Å². The number of benzene rings is 1. The molecular formula is C19H24N2O2S. The van der Waals surface area contributed by atoms with Crippen LogP contribution in [0.5, 0.6) is 0 Å². The summed E-state index contributed by atoms with van der Waals surface area (Å²) < 4.78 is 5.00. The van der Waals surface area contributed by atoms with Crippen molar-refractivity contribution in [3.63, 3.8) is 0 Å². The highest BCUT2D eigenvalue weighted by Gasteiger charge is 2.40. The van der Waals surface area contributed by atoms with E-state index in [0.717, 1.165) is 42.3 Å². The number of hydrogen-bond donors (Lipinski definition) is 0. The molecule has 1 saturated heterocycles. The number of nitrogens with zero attached hydrogens (tertiary/aromatic N) is 2. The van der Waals surface area contributed by atoms with E-state index in [1.54, 1.807) is 11.3 Å². The Morgan fingerprint density at radius 3 is 2.79 bits per heavy atom. The lowest BCUT2D eigenvalue weighted by atomic mass is 9.74. The summed E-state index contributed by atoms with van der Waals surface area (Å²) >= 11 is 1.68. The molecule has 128 valence electrons. The van der Waals surface area contributed by atoms with Gasteiger partial charge >= 0.3 is 5.97 Å². The summed E-state index contributed by atoms with van der Waals surface area (Å²) in [5.74, 6) is 0.154. The van der Waals surface area contributed by atoms with Crippen LogP contribution in [0.3, 0.4) is 0 Å². The van der Waals surface area contributed by atoms with Gasteiger partial charge < -0.3 is 9.64 Å². The first kappa shape index (κ1) is 17.0. The number of carbonyl (C=O) groups is 1. The highest BCUT2D eigenvalue weighted by Crippen LogP contribution is 2.37. The minimum absolute atomic E-state index is 0.126. The number of esters is 1. The van der Waals surface area contributed by atoms with E-state index >= 15 is 0 Å². The van der Waals surface area contributed by atoms with Gasteiger partial charge in [-0.1, -0.05) is 30.3 Å². The van der Waals surface area contributed by atoms with Gasteiger partial charge in [0.05, 0.1) is 18.2 Å². The molecule has 4 nitrogen and oxygen atoms in total. The van der Waals surface area contributed by atoms with Crippen molar-refractivity contribution >= 4 is 22.4 Å². The molecule has 0 aliphatic carbocycles. The fourth-order valence-corrected chi connectivity index (χ4v) is 4.19. The summed E-state index contributed by atoms with van der Waals surface area (Å²) in [4.78, 5) is 19.2. The van der Waals surface area contributed by atoms with Crippen LogP contribution in [0.4, 0.5) is 5.13 Å². The van der Waals surface area contributed by atoms with Crippen LogP contribution in [0.25, 0.3) is 11.3 Å². The molecule has 0 amide bonds. The van der Waals surface area contributed by atoms with Crippen molar-refractivity contribution in [3.8, 4) is 11.3 Å². The molecule has 1 atom stereocenters. The molecule has 3 rings (SSSR count). The molecule has 0 N–H and O–H groups in total. The third-order valence-corrected chi connectivity index (χ3v) is 5.89. The quantitative estimate of drug-likeness (QED) is 0.779. The Bertz CT molecular complexity index is 696. The van der Waals surface area contributed by atoms with Crippen molar-refractivity contribution in [2.45, 2.75) is 26.7 Å². The molecule has 1 fully saturated rings. The van der Waals surface area contributed by atoms with E-state index in [1.807, 2.05) is 32.0 Å². The fraction of sp³-hybridized carbons (Fsp3) is 0.474. The zero-order valence-corrected chi connectivity index (χ0v) is 15.3. The van der Waals surface area contributed by atoms with Crippen LogP contribution in [-0.4, -0.2) is 31.2 Å². The van der Waals surface area contributed by atoms with Gasteiger partial charge in [-0.2, -0.15) is 0 Å². The Labute approximate surface area is 147 Å². The molecule has 5 heteroatoms. The van der Waals surface area contributed by atoms with Gasteiger partial charge in [-0.05, 0) is 32.6 Å². The molecule has 0 saturated carbocycles. The second kappa shape index (κ2) is 6.93. The highest BCUT2D eigenvalue weighted by molar-refractivity contribution is 7.14. The Kier molecular flexibility index (Phi) is 4.90. The number of rotatable bonds is 4. The van der Waals surface area contributed by atoms with Gasteiger partial charge in [-0.3, -0.25) is 4.79 Å². The first-order valence-corrected chi connectivity index (χ1v) is 9.24. The summed E-state index contributed by atoms with van der Waals surface area (Å²) in [6.07, 6.45) is 2.13. The molecule has 2 aromatic rings. The summed E-state index contributed by atoms with van der Waals surface area (Å²) in [7, 11) is 1.47. The minimum Gasteiger partial charge on any atom is -0.469 e. The van der Waals surface area contributed by atoms with Crippen LogP contribution in [0.15, 0.2) is 35.7 Å². The molecular weight excluding hydrogens is 320 g/mol. The lowest BCUT2D eigenvalue weighted by molar-refractivity contribution is -0.154. The van der Waals surface area contributed by atoms with Gasteiger partial charge in [0.15, 0.2) is 5.13 Å². The predicted molar refractivity (Wildman–Crippen MR) is 98.3 cm³/mol. The van der Waals surface area contributed by atoms with Crippen molar-refractivity contribution in [2.75, 3.05) is 25.1 Å². The van der Waals surface area contributed by atoms with Crippen molar-refractivity contribution < 1.29 is 9.53 Å². The summed E-state index contributed by atoms with van der Waals surface area (Å²) in [5.41, 5.74) is 1.70. The van der Waals surface area contributed by atoms with Crippen LogP contribution < -0.4 is 4.90 Å². The van der Waals surface area contributed by atoms with Crippen LogP contribution in [0.2, 0.25) is 0 Å².